The highest BCUT2D eigenvalue weighted by Crippen LogP contribution is 2.33. The second-order valence-electron chi connectivity index (χ2n) is 3.79. The Morgan fingerprint density at radius 1 is 1.33 bits per heavy atom. The van der Waals surface area contributed by atoms with E-state index < -0.39 is 23.6 Å². The third kappa shape index (κ3) is 3.83. The summed E-state index contributed by atoms with van der Waals surface area (Å²) in [5, 5.41) is 0. The number of nitrogens with two attached hydrogens (primary N) is 1. The van der Waals surface area contributed by atoms with Crippen molar-refractivity contribution in [2.24, 2.45) is 5.84 Å². The Balaban J connectivity index is 3.02. The van der Waals surface area contributed by atoms with Gasteiger partial charge in [-0.15, -0.1) is 11.6 Å². The van der Waals surface area contributed by atoms with E-state index in [4.69, 9.17) is 17.4 Å². The normalized spacial score (nSPS) is 13.7. The van der Waals surface area contributed by atoms with Gasteiger partial charge in [-0.05, 0) is 30.5 Å². The van der Waals surface area contributed by atoms with Crippen molar-refractivity contribution in [1.82, 2.24) is 5.43 Å². The molecule has 0 spiro atoms. The summed E-state index contributed by atoms with van der Waals surface area (Å²) in [5.41, 5.74) is 1.41. The first-order valence-corrected chi connectivity index (χ1v) is 5.82. The third-order valence-electron chi connectivity index (χ3n) is 2.53. The van der Waals surface area contributed by atoms with Crippen LogP contribution in [0.5, 0.6) is 0 Å². The summed E-state index contributed by atoms with van der Waals surface area (Å²) in [5.74, 6) is 4.36. The van der Waals surface area contributed by atoms with Gasteiger partial charge in [0.15, 0.2) is 0 Å². The van der Waals surface area contributed by atoms with E-state index in [0.717, 1.165) is 12.1 Å². The third-order valence-corrected chi connectivity index (χ3v) is 2.79. The topological polar surface area (TPSA) is 38.0 Å². The number of alkyl halides is 4. The van der Waals surface area contributed by atoms with Gasteiger partial charge < -0.3 is 0 Å². The average molecular weight is 285 g/mol. The molecule has 0 bridgehead atoms. The molecule has 102 valence electrons. The molecular formula is C11H13ClF4N2. The van der Waals surface area contributed by atoms with E-state index in [9.17, 15) is 17.6 Å². The lowest BCUT2D eigenvalue weighted by atomic mass is 10.00. The van der Waals surface area contributed by atoms with Gasteiger partial charge in [0.2, 0.25) is 0 Å². The number of rotatable bonds is 5. The molecule has 0 saturated carbocycles. The summed E-state index contributed by atoms with van der Waals surface area (Å²) in [4.78, 5) is 0. The van der Waals surface area contributed by atoms with Crippen LogP contribution in [0, 0.1) is 5.82 Å². The lowest BCUT2D eigenvalue weighted by Gasteiger charge is -2.17. The van der Waals surface area contributed by atoms with E-state index in [1.54, 1.807) is 0 Å². The van der Waals surface area contributed by atoms with Crippen LogP contribution in [0.4, 0.5) is 17.6 Å². The summed E-state index contributed by atoms with van der Waals surface area (Å²) in [6, 6.07) is 2.37. The fourth-order valence-corrected chi connectivity index (χ4v) is 1.76. The van der Waals surface area contributed by atoms with Gasteiger partial charge in [-0.3, -0.25) is 11.3 Å². The number of benzene rings is 1. The fraction of sp³-hybridized carbons (Fsp3) is 0.455. The minimum absolute atomic E-state index is 0.288. The number of hydrazine groups is 1. The van der Waals surface area contributed by atoms with Crippen molar-refractivity contribution < 1.29 is 17.6 Å². The molecule has 2 nitrogen and oxygen atoms in total. The van der Waals surface area contributed by atoms with E-state index in [1.807, 2.05) is 0 Å². The average Bonchev–Trinajstić information content (AvgIpc) is 2.30. The summed E-state index contributed by atoms with van der Waals surface area (Å²) < 4.78 is 50.7. The van der Waals surface area contributed by atoms with Gasteiger partial charge >= 0.3 is 6.18 Å². The highest BCUT2D eigenvalue weighted by Gasteiger charge is 2.34. The maximum atomic E-state index is 13.1. The van der Waals surface area contributed by atoms with Crippen molar-refractivity contribution in [3.8, 4) is 0 Å². The molecule has 0 aliphatic rings. The highest BCUT2D eigenvalue weighted by atomic mass is 35.5. The van der Waals surface area contributed by atoms with Gasteiger partial charge in [-0.2, -0.15) is 13.2 Å². The number of hydrogen-bond acceptors (Lipinski definition) is 2. The molecule has 0 aromatic heterocycles. The fourth-order valence-electron chi connectivity index (χ4n) is 1.60. The Bertz CT molecular complexity index is 395. The van der Waals surface area contributed by atoms with E-state index in [-0.39, 0.29) is 5.56 Å². The van der Waals surface area contributed by atoms with Crippen LogP contribution in [0.1, 0.15) is 30.0 Å². The molecule has 0 aliphatic carbocycles. The quantitative estimate of drug-likeness (QED) is 0.376. The van der Waals surface area contributed by atoms with Crippen LogP contribution >= 0.6 is 11.6 Å². The largest absolute Gasteiger partial charge is 0.419 e. The Labute approximate surface area is 107 Å². The molecule has 0 heterocycles. The maximum absolute atomic E-state index is 13.1. The summed E-state index contributed by atoms with van der Waals surface area (Å²) in [6.07, 6.45) is -3.65. The van der Waals surface area contributed by atoms with E-state index in [0.29, 0.717) is 18.7 Å². The number of nitrogens with one attached hydrogen (secondary N) is 1. The summed E-state index contributed by atoms with van der Waals surface area (Å²) in [7, 11) is 0. The molecular weight excluding hydrogens is 272 g/mol. The van der Waals surface area contributed by atoms with Gasteiger partial charge in [-0.1, -0.05) is 6.07 Å². The Morgan fingerprint density at radius 3 is 2.50 bits per heavy atom. The number of halogens is 5. The summed E-state index contributed by atoms with van der Waals surface area (Å²) >= 11 is 5.51. The zero-order valence-corrected chi connectivity index (χ0v) is 10.2. The van der Waals surface area contributed by atoms with Gasteiger partial charge in [0.05, 0.1) is 5.56 Å². The molecule has 0 amide bonds. The summed E-state index contributed by atoms with van der Waals surface area (Å²) in [6.45, 7) is 0. The SMILES string of the molecule is NNC(CCCCl)c1ccc(F)c(C(F)(F)F)c1. The maximum Gasteiger partial charge on any atom is 0.419 e. The molecule has 18 heavy (non-hydrogen) atoms. The van der Waals surface area contributed by atoms with Gasteiger partial charge in [-0.25, -0.2) is 4.39 Å². The first kappa shape index (κ1) is 15.2. The molecule has 1 unspecified atom stereocenters. The van der Waals surface area contributed by atoms with E-state index >= 15 is 0 Å². The zero-order valence-electron chi connectivity index (χ0n) is 9.40. The molecule has 3 N–H and O–H groups in total. The molecule has 1 aromatic rings. The lowest BCUT2D eigenvalue weighted by Crippen LogP contribution is -2.28. The lowest BCUT2D eigenvalue weighted by molar-refractivity contribution is -0.140. The Kier molecular flexibility index (Phi) is 5.37. The van der Waals surface area contributed by atoms with Crippen LogP contribution in [0.3, 0.4) is 0 Å². The van der Waals surface area contributed by atoms with Crippen molar-refractivity contribution in [2.75, 3.05) is 5.88 Å². The van der Waals surface area contributed by atoms with Crippen molar-refractivity contribution in [2.45, 2.75) is 25.1 Å². The van der Waals surface area contributed by atoms with Crippen LogP contribution in [0.25, 0.3) is 0 Å². The smallest absolute Gasteiger partial charge is 0.271 e. The monoisotopic (exact) mass is 284 g/mol. The van der Waals surface area contributed by atoms with Crippen LogP contribution in [-0.2, 0) is 6.18 Å². The van der Waals surface area contributed by atoms with E-state index in [1.165, 1.54) is 6.07 Å². The van der Waals surface area contributed by atoms with Crippen LogP contribution in [0.2, 0.25) is 0 Å². The Morgan fingerprint density at radius 2 is 2.00 bits per heavy atom. The first-order chi connectivity index (χ1) is 8.40. The molecule has 1 rings (SSSR count). The first-order valence-electron chi connectivity index (χ1n) is 5.29. The standard InChI is InChI=1S/C11H13ClF4N2/c12-5-1-2-10(18-17)7-3-4-9(13)8(6-7)11(14,15)16/h3-4,6,10,18H,1-2,5,17H2. The van der Waals surface area contributed by atoms with Crippen LogP contribution < -0.4 is 11.3 Å². The van der Waals surface area contributed by atoms with Crippen molar-refractivity contribution in [1.29, 1.82) is 0 Å². The minimum atomic E-state index is -4.72. The zero-order chi connectivity index (χ0) is 13.8. The van der Waals surface area contributed by atoms with Crippen molar-refractivity contribution >= 4 is 11.6 Å². The van der Waals surface area contributed by atoms with E-state index in [2.05, 4.69) is 5.43 Å². The molecule has 0 aliphatic heterocycles. The molecule has 0 saturated heterocycles. The van der Waals surface area contributed by atoms with Crippen LogP contribution in [0.15, 0.2) is 18.2 Å². The molecule has 7 heteroatoms. The second-order valence-corrected chi connectivity index (χ2v) is 4.17. The minimum Gasteiger partial charge on any atom is -0.271 e. The Hall–Kier alpha value is -0.850. The predicted molar refractivity (Wildman–Crippen MR) is 61.4 cm³/mol. The predicted octanol–water partition coefficient (Wildman–Crippen LogP) is 3.37. The van der Waals surface area contributed by atoms with Crippen molar-refractivity contribution in [3.05, 3.63) is 35.1 Å². The van der Waals surface area contributed by atoms with Crippen LogP contribution in [-0.4, -0.2) is 5.88 Å². The number of hydrogen-bond donors (Lipinski definition) is 2. The molecule has 0 fully saturated rings. The highest BCUT2D eigenvalue weighted by molar-refractivity contribution is 6.17. The van der Waals surface area contributed by atoms with Gasteiger partial charge in [0, 0.05) is 11.9 Å². The second kappa shape index (κ2) is 6.36. The molecule has 1 atom stereocenters. The van der Waals surface area contributed by atoms with Gasteiger partial charge in [0.25, 0.3) is 0 Å². The molecule has 0 radical (unpaired) electrons. The van der Waals surface area contributed by atoms with Gasteiger partial charge in [0.1, 0.15) is 5.82 Å². The molecule has 1 aromatic carbocycles. The van der Waals surface area contributed by atoms with Crippen molar-refractivity contribution in [3.63, 3.8) is 0 Å².